The molecule has 1 amide bonds. The van der Waals surface area contributed by atoms with Crippen molar-refractivity contribution in [3.63, 3.8) is 0 Å². The zero-order valence-corrected chi connectivity index (χ0v) is 21.8. The first-order valence-electron chi connectivity index (χ1n) is 13.6. The Morgan fingerprint density at radius 2 is 2.00 bits per heavy atom. The summed E-state index contributed by atoms with van der Waals surface area (Å²) in [6.07, 6.45) is 1.93. The number of carbonyl (C=O) groups excluding carboxylic acids is 1. The smallest absolute Gasteiger partial charge is 0.380 e. The number of pyridine rings is 1. The van der Waals surface area contributed by atoms with Gasteiger partial charge >= 0.3 is 6.18 Å². The lowest BCUT2D eigenvalue weighted by molar-refractivity contribution is -0.137. The lowest BCUT2D eigenvalue weighted by atomic mass is 9.88. The monoisotopic (exact) mass is 558 g/mol. The Labute approximate surface area is 228 Å². The number of benzene rings is 1. The number of likely N-dealkylation sites (tertiary alicyclic amines) is 1. The van der Waals surface area contributed by atoms with Crippen LogP contribution < -0.4 is 10.6 Å². The third-order valence-corrected chi connectivity index (χ3v) is 8.40. The quantitative estimate of drug-likeness (QED) is 0.336. The van der Waals surface area contributed by atoms with Crippen LogP contribution in [0.15, 0.2) is 36.8 Å². The van der Waals surface area contributed by atoms with E-state index in [1.165, 1.54) is 18.5 Å². The largest absolute Gasteiger partial charge is 0.416 e. The highest BCUT2D eigenvalue weighted by Gasteiger charge is 2.40. The second-order valence-corrected chi connectivity index (χ2v) is 10.9. The zero-order chi connectivity index (χ0) is 27.9. The summed E-state index contributed by atoms with van der Waals surface area (Å²) in [5, 5.41) is 6.26. The highest BCUT2D eigenvalue weighted by molar-refractivity contribution is 5.91. The molecule has 3 unspecified atom stereocenters. The molecule has 3 aliphatic rings. The number of fused-ring (bicyclic) bond motifs is 2. The molecule has 4 heterocycles. The van der Waals surface area contributed by atoms with Crippen LogP contribution in [-0.4, -0.2) is 70.7 Å². The molecular weight excluding hydrogens is 528 g/mol. The van der Waals surface area contributed by atoms with Gasteiger partial charge in [-0.3, -0.25) is 9.69 Å². The molecule has 212 valence electrons. The number of anilines is 1. The van der Waals surface area contributed by atoms with Gasteiger partial charge in [0.05, 0.1) is 24.2 Å². The standard InChI is InChI=1S/C28H30F4N6O2/c29-25-8-17-2-1-16(22(17)10-33-25)7-18-12-38(20-5-6-40-14-20)13-24(18)37-26(39)11-34-27-21-9-19(28(30,31)32)3-4-23(21)35-15-36-27/h3-4,8-10,15-16,18,20,24H,1-2,5-7,11-14H2,(H,37,39)(H,34,35,36)/t16?,18-,20?,24?/m0/s1. The van der Waals surface area contributed by atoms with Crippen LogP contribution in [0.4, 0.5) is 23.4 Å². The Bertz CT molecular complexity index is 1400. The van der Waals surface area contributed by atoms with Gasteiger partial charge in [-0.25, -0.2) is 15.0 Å². The molecule has 1 aliphatic carbocycles. The fraction of sp³-hybridized carbons (Fsp3) is 0.500. The maximum Gasteiger partial charge on any atom is 0.416 e. The minimum Gasteiger partial charge on any atom is -0.380 e. The number of aromatic nitrogens is 3. The van der Waals surface area contributed by atoms with Gasteiger partial charge < -0.3 is 15.4 Å². The van der Waals surface area contributed by atoms with Gasteiger partial charge in [0.1, 0.15) is 12.1 Å². The van der Waals surface area contributed by atoms with Gasteiger partial charge in [0.25, 0.3) is 0 Å². The van der Waals surface area contributed by atoms with Crippen molar-refractivity contribution in [1.82, 2.24) is 25.2 Å². The number of nitrogens with one attached hydrogen (secondary N) is 2. The number of ether oxygens (including phenoxy) is 1. The molecule has 2 saturated heterocycles. The van der Waals surface area contributed by atoms with Crippen LogP contribution in [0.2, 0.25) is 0 Å². The van der Waals surface area contributed by atoms with Gasteiger partial charge in [-0.1, -0.05) is 0 Å². The molecule has 12 heteroatoms. The fourth-order valence-electron chi connectivity index (χ4n) is 6.37. The predicted molar refractivity (Wildman–Crippen MR) is 139 cm³/mol. The highest BCUT2D eigenvalue weighted by atomic mass is 19.4. The SMILES string of the molecule is O=C(CNc1ncnc2ccc(C(F)(F)F)cc12)NC1CN(C2CCOC2)C[C@@H]1CC1CCc2cc(F)ncc21. The minimum atomic E-state index is -4.50. The van der Waals surface area contributed by atoms with E-state index in [9.17, 15) is 22.4 Å². The summed E-state index contributed by atoms with van der Waals surface area (Å²) in [5.41, 5.74) is 1.64. The summed E-state index contributed by atoms with van der Waals surface area (Å²) < 4.78 is 59.0. The molecule has 2 aromatic heterocycles. The molecule has 2 aliphatic heterocycles. The van der Waals surface area contributed by atoms with E-state index in [-0.39, 0.29) is 41.5 Å². The van der Waals surface area contributed by atoms with Crippen molar-refractivity contribution >= 4 is 22.6 Å². The molecule has 4 atom stereocenters. The molecule has 2 fully saturated rings. The number of alkyl halides is 3. The van der Waals surface area contributed by atoms with Crippen molar-refractivity contribution in [1.29, 1.82) is 0 Å². The van der Waals surface area contributed by atoms with Crippen LogP contribution in [0.1, 0.15) is 41.9 Å². The molecule has 8 nitrogen and oxygen atoms in total. The Balaban J connectivity index is 1.14. The van der Waals surface area contributed by atoms with Gasteiger partial charge in [0.15, 0.2) is 0 Å². The lowest BCUT2D eigenvalue weighted by Gasteiger charge is -2.23. The van der Waals surface area contributed by atoms with Crippen LogP contribution >= 0.6 is 0 Å². The summed E-state index contributed by atoms with van der Waals surface area (Å²) in [6.45, 7) is 2.77. The van der Waals surface area contributed by atoms with Crippen LogP contribution in [0.5, 0.6) is 0 Å². The van der Waals surface area contributed by atoms with Crippen LogP contribution in [-0.2, 0) is 22.1 Å². The van der Waals surface area contributed by atoms with Crippen LogP contribution in [0, 0.1) is 11.9 Å². The Hall–Kier alpha value is -3.38. The number of halogens is 4. The van der Waals surface area contributed by atoms with Crippen LogP contribution in [0.3, 0.4) is 0 Å². The number of nitrogens with zero attached hydrogens (tertiary/aromatic N) is 4. The van der Waals surface area contributed by atoms with Gasteiger partial charge in [-0.2, -0.15) is 17.6 Å². The summed E-state index contributed by atoms with van der Waals surface area (Å²) in [4.78, 5) is 27.5. The molecule has 1 aromatic carbocycles. The van der Waals surface area contributed by atoms with Gasteiger partial charge in [-0.15, -0.1) is 0 Å². The van der Waals surface area contributed by atoms with Gasteiger partial charge in [0, 0.05) is 43.4 Å². The summed E-state index contributed by atoms with van der Waals surface area (Å²) in [6, 6.07) is 4.98. The number of aryl methyl sites for hydroxylation is 1. The minimum absolute atomic E-state index is 0.105. The molecule has 0 bridgehead atoms. The van der Waals surface area contributed by atoms with E-state index in [0.29, 0.717) is 24.7 Å². The van der Waals surface area contributed by atoms with Gasteiger partial charge in [0.2, 0.25) is 11.9 Å². The summed E-state index contributed by atoms with van der Waals surface area (Å²) in [7, 11) is 0. The number of carbonyl (C=O) groups is 1. The van der Waals surface area contributed by atoms with E-state index in [4.69, 9.17) is 4.74 Å². The number of rotatable bonds is 7. The van der Waals surface area contributed by atoms with E-state index in [0.717, 1.165) is 62.1 Å². The molecule has 0 radical (unpaired) electrons. The number of hydrogen-bond donors (Lipinski definition) is 2. The third kappa shape index (κ3) is 5.60. The summed E-state index contributed by atoms with van der Waals surface area (Å²) >= 11 is 0. The molecule has 0 saturated carbocycles. The second kappa shape index (κ2) is 10.9. The fourth-order valence-corrected chi connectivity index (χ4v) is 6.37. The van der Waals surface area contributed by atoms with Crippen molar-refractivity contribution in [3.8, 4) is 0 Å². The molecule has 0 spiro atoms. The third-order valence-electron chi connectivity index (χ3n) is 8.40. The lowest BCUT2D eigenvalue weighted by Crippen LogP contribution is -2.44. The molecular formula is C28H30F4N6O2. The molecule has 2 N–H and O–H groups in total. The summed E-state index contributed by atoms with van der Waals surface area (Å²) in [5.74, 6) is -0.133. The molecule has 3 aromatic rings. The van der Waals surface area contributed by atoms with E-state index in [2.05, 4.69) is 30.5 Å². The predicted octanol–water partition coefficient (Wildman–Crippen LogP) is 3.92. The first-order valence-corrected chi connectivity index (χ1v) is 13.6. The second-order valence-electron chi connectivity index (χ2n) is 10.9. The zero-order valence-electron chi connectivity index (χ0n) is 21.8. The van der Waals surface area contributed by atoms with Crippen molar-refractivity contribution < 1.29 is 27.1 Å². The Morgan fingerprint density at radius 1 is 1.12 bits per heavy atom. The Morgan fingerprint density at radius 3 is 2.80 bits per heavy atom. The van der Waals surface area contributed by atoms with E-state index in [1.807, 2.05) is 0 Å². The highest BCUT2D eigenvalue weighted by Crippen LogP contribution is 2.40. The van der Waals surface area contributed by atoms with E-state index >= 15 is 0 Å². The van der Waals surface area contributed by atoms with Gasteiger partial charge in [-0.05, 0) is 72.9 Å². The topological polar surface area (TPSA) is 92.3 Å². The molecule has 40 heavy (non-hydrogen) atoms. The Kier molecular flexibility index (Phi) is 7.30. The van der Waals surface area contributed by atoms with Crippen molar-refractivity contribution in [3.05, 3.63) is 59.4 Å². The number of hydrogen-bond acceptors (Lipinski definition) is 7. The first kappa shape index (κ1) is 26.8. The maximum atomic E-state index is 13.6. The average molecular weight is 559 g/mol. The maximum absolute atomic E-state index is 13.6. The van der Waals surface area contributed by atoms with Crippen molar-refractivity contribution in [2.75, 3.05) is 38.2 Å². The van der Waals surface area contributed by atoms with Crippen LogP contribution in [0.25, 0.3) is 10.9 Å². The van der Waals surface area contributed by atoms with Crippen molar-refractivity contribution in [2.24, 2.45) is 5.92 Å². The molecule has 6 rings (SSSR count). The normalized spacial score (nSPS) is 24.9. The van der Waals surface area contributed by atoms with E-state index < -0.39 is 17.7 Å². The average Bonchev–Trinajstić information content (AvgIpc) is 3.68. The van der Waals surface area contributed by atoms with E-state index in [1.54, 1.807) is 6.20 Å². The van der Waals surface area contributed by atoms with Crippen molar-refractivity contribution in [2.45, 2.75) is 49.9 Å². The first-order chi connectivity index (χ1) is 19.2. The number of amides is 1.